The second-order valence-electron chi connectivity index (χ2n) is 2.78. The molecule has 2 aromatic rings. The molecule has 70 valence electrons. The van der Waals surface area contributed by atoms with Gasteiger partial charge in [0.15, 0.2) is 0 Å². The Labute approximate surface area is 96.2 Å². The van der Waals surface area contributed by atoms with Crippen LogP contribution in [0.1, 0.15) is 5.56 Å². The predicted molar refractivity (Wildman–Crippen MR) is 65.6 cm³/mol. The number of hydrogen-bond donors (Lipinski definition) is 1. The van der Waals surface area contributed by atoms with Crippen LogP contribution >= 0.6 is 35.7 Å². The topological polar surface area (TPSA) is 23.8 Å². The summed E-state index contributed by atoms with van der Waals surface area (Å²) >= 11 is 7.63. The number of hydrogen-bond acceptors (Lipinski definition) is 4. The first-order valence-electron chi connectivity index (χ1n) is 3.94. The van der Waals surface area contributed by atoms with E-state index < -0.39 is 0 Å². The lowest BCUT2D eigenvalue weighted by molar-refractivity contribution is 1.44. The Balaban J connectivity index is 2.84. The monoisotopic (exact) mass is 237 g/mol. The molecule has 0 unspecified atom stereocenters. The summed E-state index contributed by atoms with van der Waals surface area (Å²) in [7, 11) is 0. The van der Waals surface area contributed by atoms with E-state index in [4.69, 9.17) is 5.26 Å². The van der Waals surface area contributed by atoms with Gasteiger partial charge in [0.25, 0.3) is 0 Å². The van der Waals surface area contributed by atoms with Gasteiger partial charge in [-0.3, -0.25) is 0 Å². The average molecular weight is 237 g/mol. The highest BCUT2D eigenvalue weighted by Crippen LogP contribution is 2.34. The molecule has 0 atom stereocenters. The van der Waals surface area contributed by atoms with Crippen LogP contribution in [0.3, 0.4) is 0 Å². The minimum Gasteiger partial charge on any atom is -0.192 e. The fourth-order valence-corrected chi connectivity index (χ4v) is 3.24. The molecule has 0 N–H and O–H groups in total. The van der Waals surface area contributed by atoms with E-state index in [2.05, 4.69) is 24.8 Å². The molecular formula is C10H7NS3. The van der Waals surface area contributed by atoms with Crippen LogP contribution in [0.15, 0.2) is 27.3 Å². The summed E-state index contributed by atoms with van der Waals surface area (Å²) in [5.41, 5.74) is 0.720. The van der Waals surface area contributed by atoms with Gasteiger partial charge in [0.2, 0.25) is 0 Å². The van der Waals surface area contributed by atoms with Gasteiger partial charge < -0.3 is 0 Å². The molecule has 0 aliphatic rings. The molecule has 0 aliphatic carbocycles. The van der Waals surface area contributed by atoms with Crippen LogP contribution in [0.2, 0.25) is 0 Å². The van der Waals surface area contributed by atoms with E-state index in [1.807, 2.05) is 17.7 Å². The van der Waals surface area contributed by atoms with Gasteiger partial charge in [-0.25, -0.2) is 0 Å². The first kappa shape index (κ1) is 9.91. The van der Waals surface area contributed by atoms with Crippen LogP contribution in [-0.2, 0) is 0 Å². The lowest BCUT2D eigenvalue weighted by Crippen LogP contribution is -1.78. The molecule has 1 aromatic heterocycles. The average Bonchev–Trinajstić information content (AvgIpc) is 2.59. The zero-order chi connectivity index (χ0) is 10.1. The van der Waals surface area contributed by atoms with Crippen LogP contribution in [0.5, 0.6) is 0 Å². The van der Waals surface area contributed by atoms with E-state index >= 15 is 0 Å². The van der Waals surface area contributed by atoms with Crippen molar-refractivity contribution in [3.8, 4) is 6.07 Å². The smallest absolute Gasteiger partial charge is 0.0999 e. The molecule has 0 radical (unpaired) electrons. The molecule has 1 aromatic carbocycles. The van der Waals surface area contributed by atoms with Crippen LogP contribution in [-0.4, -0.2) is 6.26 Å². The lowest BCUT2D eigenvalue weighted by Gasteiger charge is -1.99. The number of thiophene rings is 1. The normalized spacial score (nSPS) is 10.4. The summed E-state index contributed by atoms with van der Waals surface area (Å²) in [5, 5.41) is 12.0. The van der Waals surface area contributed by atoms with E-state index in [9.17, 15) is 0 Å². The van der Waals surface area contributed by atoms with Gasteiger partial charge in [0.05, 0.1) is 11.6 Å². The molecular weight excluding hydrogens is 230 g/mol. The second kappa shape index (κ2) is 3.85. The van der Waals surface area contributed by atoms with Crippen molar-refractivity contribution in [1.29, 1.82) is 5.26 Å². The van der Waals surface area contributed by atoms with Crippen molar-refractivity contribution < 1.29 is 0 Å². The highest BCUT2D eigenvalue weighted by Gasteiger charge is 2.08. The van der Waals surface area contributed by atoms with Crippen molar-refractivity contribution in [3.05, 3.63) is 23.1 Å². The fraction of sp³-hybridized carbons (Fsp3) is 0.100. The van der Waals surface area contributed by atoms with Gasteiger partial charge in [0, 0.05) is 25.3 Å². The highest BCUT2D eigenvalue weighted by atomic mass is 32.2. The Bertz CT molecular complexity index is 522. The minimum absolute atomic E-state index is 0.720. The third kappa shape index (κ3) is 1.52. The Hall–Kier alpha value is -0.630. The van der Waals surface area contributed by atoms with E-state index in [0.717, 1.165) is 25.4 Å². The maximum atomic E-state index is 9.01. The summed E-state index contributed by atoms with van der Waals surface area (Å²) < 4.78 is 1.14. The number of thioether (sulfide) groups is 1. The second-order valence-corrected chi connectivity index (χ2v) is 5.05. The van der Waals surface area contributed by atoms with Gasteiger partial charge in [-0.1, -0.05) is 0 Å². The maximum Gasteiger partial charge on any atom is 0.0999 e. The maximum absolute atomic E-state index is 9.01. The van der Waals surface area contributed by atoms with Gasteiger partial charge in [0.1, 0.15) is 0 Å². The Kier molecular flexibility index (Phi) is 2.73. The molecule has 0 aliphatic heterocycles. The summed E-state index contributed by atoms with van der Waals surface area (Å²) in [6.07, 6.45) is 2.01. The van der Waals surface area contributed by atoms with Gasteiger partial charge >= 0.3 is 0 Å². The summed E-state index contributed by atoms with van der Waals surface area (Å²) in [6.45, 7) is 0. The third-order valence-electron chi connectivity index (χ3n) is 1.99. The van der Waals surface area contributed by atoms with E-state index in [1.54, 1.807) is 23.1 Å². The zero-order valence-electron chi connectivity index (χ0n) is 7.44. The zero-order valence-corrected chi connectivity index (χ0v) is 9.97. The summed E-state index contributed by atoms with van der Waals surface area (Å²) in [5.74, 6) is 0. The van der Waals surface area contributed by atoms with Gasteiger partial charge in [-0.15, -0.1) is 35.7 Å². The molecule has 0 saturated carbocycles. The standard InChI is InChI=1S/C10H7NS3/c1-13-7-2-6(4-11)10-8(12)5-14-9(10)3-7/h2-3,5,12H,1H3. The number of benzene rings is 1. The minimum atomic E-state index is 0.720. The third-order valence-corrected chi connectivity index (χ3v) is 4.15. The number of thiol groups is 1. The molecule has 14 heavy (non-hydrogen) atoms. The molecule has 1 heterocycles. The van der Waals surface area contributed by atoms with E-state index in [0.29, 0.717) is 0 Å². The quantitative estimate of drug-likeness (QED) is 0.602. The first-order valence-corrected chi connectivity index (χ1v) is 6.49. The fourth-order valence-electron chi connectivity index (χ4n) is 1.33. The van der Waals surface area contributed by atoms with Crippen molar-refractivity contribution in [2.45, 2.75) is 9.79 Å². The van der Waals surface area contributed by atoms with Crippen LogP contribution in [0.25, 0.3) is 10.1 Å². The molecule has 0 bridgehead atoms. The highest BCUT2D eigenvalue weighted by molar-refractivity contribution is 7.98. The van der Waals surface area contributed by atoms with Crippen molar-refractivity contribution in [3.63, 3.8) is 0 Å². The molecule has 0 fully saturated rings. The lowest BCUT2D eigenvalue weighted by atomic mass is 10.1. The Morgan fingerprint density at radius 1 is 1.50 bits per heavy atom. The van der Waals surface area contributed by atoms with Gasteiger partial charge in [-0.2, -0.15) is 5.26 Å². The molecule has 2 rings (SSSR count). The molecule has 0 spiro atoms. The van der Waals surface area contributed by atoms with Crippen molar-refractivity contribution in [2.24, 2.45) is 0 Å². The predicted octanol–water partition coefficient (Wildman–Crippen LogP) is 3.78. The number of rotatable bonds is 1. The van der Waals surface area contributed by atoms with Crippen LogP contribution in [0, 0.1) is 11.3 Å². The van der Waals surface area contributed by atoms with Crippen LogP contribution < -0.4 is 0 Å². The number of fused-ring (bicyclic) bond motifs is 1. The van der Waals surface area contributed by atoms with Crippen molar-refractivity contribution in [2.75, 3.05) is 6.26 Å². The SMILES string of the molecule is CSc1cc(C#N)c2c(S)csc2c1. The first-order chi connectivity index (χ1) is 6.76. The summed E-state index contributed by atoms with van der Waals surface area (Å²) in [6, 6.07) is 6.23. The van der Waals surface area contributed by atoms with E-state index in [-0.39, 0.29) is 0 Å². The molecule has 4 heteroatoms. The number of nitriles is 1. The largest absolute Gasteiger partial charge is 0.192 e. The molecule has 1 nitrogen and oxygen atoms in total. The Morgan fingerprint density at radius 2 is 2.29 bits per heavy atom. The summed E-state index contributed by atoms with van der Waals surface area (Å²) in [4.78, 5) is 2.03. The van der Waals surface area contributed by atoms with Crippen molar-refractivity contribution in [1.82, 2.24) is 0 Å². The van der Waals surface area contributed by atoms with Crippen LogP contribution in [0.4, 0.5) is 0 Å². The molecule has 0 amide bonds. The molecule has 0 saturated heterocycles. The van der Waals surface area contributed by atoms with Gasteiger partial charge in [-0.05, 0) is 18.4 Å². The van der Waals surface area contributed by atoms with E-state index in [1.165, 1.54) is 0 Å². The Morgan fingerprint density at radius 3 is 2.93 bits per heavy atom. The van der Waals surface area contributed by atoms with Crippen molar-refractivity contribution >= 4 is 45.8 Å². The number of nitrogens with zero attached hydrogens (tertiary/aromatic N) is 1.